The predicted molar refractivity (Wildman–Crippen MR) is 80.4 cm³/mol. The predicted octanol–water partition coefficient (Wildman–Crippen LogP) is 2.38. The fourth-order valence-electron chi connectivity index (χ4n) is 2.15. The highest BCUT2D eigenvalue weighted by Gasteiger charge is 2.47. The molecular weight excluding hydrogens is 260 g/mol. The van der Waals surface area contributed by atoms with Gasteiger partial charge in [0.25, 0.3) is 0 Å². The quantitative estimate of drug-likeness (QED) is 0.815. The third-order valence-corrected chi connectivity index (χ3v) is 3.61. The summed E-state index contributed by atoms with van der Waals surface area (Å²) in [4.78, 5) is 13.7. The van der Waals surface area contributed by atoms with E-state index in [2.05, 4.69) is 24.3 Å². The summed E-state index contributed by atoms with van der Waals surface area (Å²) >= 11 is 0. The van der Waals surface area contributed by atoms with Gasteiger partial charge < -0.3 is 10.6 Å². The number of hydrogen-bond donors (Lipinski definition) is 1. The fraction of sp³-hybridized carbons (Fsp3) is 0.533. The van der Waals surface area contributed by atoms with Crippen LogP contribution in [0.2, 0.25) is 0 Å². The average Bonchev–Trinajstić information content (AvgIpc) is 3.14. The van der Waals surface area contributed by atoms with Crippen LogP contribution in [-0.2, 0) is 11.2 Å². The molecule has 0 bridgehead atoms. The molecule has 3 nitrogen and oxygen atoms in total. The number of nitrogens with zero attached hydrogens (tertiary/aromatic N) is 1. The van der Waals surface area contributed by atoms with E-state index >= 15 is 0 Å². The number of rotatable bonds is 6. The summed E-state index contributed by atoms with van der Waals surface area (Å²) < 4.78 is 0. The monoisotopic (exact) mass is 282 g/mol. The summed E-state index contributed by atoms with van der Waals surface area (Å²) in [5.41, 5.74) is 6.74. The molecule has 0 aliphatic heterocycles. The number of halogens is 1. The first-order valence-corrected chi connectivity index (χ1v) is 6.70. The maximum absolute atomic E-state index is 11.9. The highest BCUT2D eigenvalue weighted by Crippen LogP contribution is 2.33. The number of aryl methyl sites for hydroxylation is 1. The Bertz CT molecular complexity index is 404. The lowest BCUT2D eigenvalue weighted by atomic mass is 10.1. The molecule has 106 valence electrons. The molecule has 0 unspecified atom stereocenters. The highest BCUT2D eigenvalue weighted by atomic mass is 35.5. The lowest BCUT2D eigenvalue weighted by molar-refractivity contribution is -0.132. The van der Waals surface area contributed by atoms with Gasteiger partial charge >= 0.3 is 0 Å². The van der Waals surface area contributed by atoms with Gasteiger partial charge in [0.05, 0.1) is 5.54 Å². The fourth-order valence-corrected chi connectivity index (χ4v) is 2.15. The smallest absolute Gasteiger partial charge is 0.242 e. The van der Waals surface area contributed by atoms with Crippen molar-refractivity contribution in [2.24, 2.45) is 5.73 Å². The number of unbranched alkanes of at least 4 members (excludes halogenated alkanes) is 1. The van der Waals surface area contributed by atoms with Crippen molar-refractivity contribution < 1.29 is 4.79 Å². The summed E-state index contributed by atoms with van der Waals surface area (Å²) in [6, 6.07) is 10.5. The van der Waals surface area contributed by atoms with Gasteiger partial charge in [-0.15, -0.1) is 12.4 Å². The summed E-state index contributed by atoms with van der Waals surface area (Å²) in [6.07, 6.45) is 4.92. The molecule has 1 fully saturated rings. The second-order valence-corrected chi connectivity index (χ2v) is 5.33. The number of nitrogens with two attached hydrogens (primary N) is 1. The van der Waals surface area contributed by atoms with Crippen molar-refractivity contribution in [3.63, 3.8) is 0 Å². The van der Waals surface area contributed by atoms with Gasteiger partial charge in [0.15, 0.2) is 0 Å². The van der Waals surface area contributed by atoms with Crippen LogP contribution in [0.25, 0.3) is 0 Å². The van der Waals surface area contributed by atoms with E-state index in [-0.39, 0.29) is 18.3 Å². The molecule has 1 aromatic rings. The zero-order valence-electron chi connectivity index (χ0n) is 11.5. The normalized spacial score (nSPS) is 15.5. The van der Waals surface area contributed by atoms with E-state index in [1.165, 1.54) is 5.56 Å². The number of carbonyl (C=O) groups excluding carboxylic acids is 1. The molecule has 1 saturated carbocycles. The van der Waals surface area contributed by atoms with E-state index < -0.39 is 5.54 Å². The third kappa shape index (κ3) is 4.51. The zero-order chi connectivity index (χ0) is 13.0. The molecule has 1 aliphatic rings. The summed E-state index contributed by atoms with van der Waals surface area (Å²) in [6.45, 7) is 0.810. The molecule has 19 heavy (non-hydrogen) atoms. The van der Waals surface area contributed by atoms with Crippen molar-refractivity contribution in [2.75, 3.05) is 13.6 Å². The molecule has 0 aromatic heterocycles. The third-order valence-electron chi connectivity index (χ3n) is 3.61. The number of hydrogen-bond acceptors (Lipinski definition) is 2. The van der Waals surface area contributed by atoms with Crippen molar-refractivity contribution in [3.05, 3.63) is 35.9 Å². The minimum Gasteiger partial charge on any atom is -0.344 e. The van der Waals surface area contributed by atoms with Gasteiger partial charge in [-0.3, -0.25) is 4.79 Å². The Kier molecular flexibility index (Phi) is 5.83. The average molecular weight is 283 g/mol. The molecule has 2 N–H and O–H groups in total. The largest absolute Gasteiger partial charge is 0.344 e. The zero-order valence-corrected chi connectivity index (χ0v) is 12.3. The molecule has 1 aliphatic carbocycles. The van der Waals surface area contributed by atoms with Crippen LogP contribution in [0.1, 0.15) is 31.2 Å². The Hall–Kier alpha value is -1.06. The number of likely N-dealkylation sites (N-methyl/N-ethyl adjacent to an activating group) is 1. The van der Waals surface area contributed by atoms with Gasteiger partial charge in [0, 0.05) is 13.6 Å². The summed E-state index contributed by atoms with van der Waals surface area (Å²) in [5, 5.41) is 0. The van der Waals surface area contributed by atoms with Crippen LogP contribution in [-0.4, -0.2) is 29.9 Å². The highest BCUT2D eigenvalue weighted by molar-refractivity contribution is 5.88. The van der Waals surface area contributed by atoms with Crippen molar-refractivity contribution >= 4 is 18.3 Å². The Morgan fingerprint density at radius 1 is 1.26 bits per heavy atom. The van der Waals surface area contributed by atoms with Crippen LogP contribution in [0.3, 0.4) is 0 Å². The molecule has 4 heteroatoms. The van der Waals surface area contributed by atoms with E-state index in [4.69, 9.17) is 5.73 Å². The number of carbonyl (C=O) groups is 1. The van der Waals surface area contributed by atoms with Gasteiger partial charge in [-0.25, -0.2) is 0 Å². The lowest BCUT2D eigenvalue weighted by Crippen LogP contribution is -2.44. The molecule has 1 aromatic carbocycles. The molecule has 0 spiro atoms. The van der Waals surface area contributed by atoms with Crippen molar-refractivity contribution in [3.8, 4) is 0 Å². The Balaban J connectivity index is 0.00000180. The van der Waals surface area contributed by atoms with Gasteiger partial charge in [-0.1, -0.05) is 30.3 Å². The van der Waals surface area contributed by atoms with Crippen LogP contribution in [0.4, 0.5) is 0 Å². The molecule has 1 amide bonds. The standard InChI is InChI=1S/C15H22N2O.ClH/c1-17(14(18)15(16)10-11-15)12-6-5-9-13-7-3-2-4-8-13;/h2-4,7-8H,5-6,9-12,16H2,1H3;1H. The van der Waals surface area contributed by atoms with E-state index in [9.17, 15) is 4.79 Å². The van der Waals surface area contributed by atoms with Crippen LogP contribution in [0, 0.1) is 0 Å². The topological polar surface area (TPSA) is 46.3 Å². The molecule has 0 heterocycles. The SMILES string of the molecule is CN(CCCCc1ccccc1)C(=O)C1(N)CC1.Cl. The number of amides is 1. The van der Waals surface area contributed by atoms with E-state index in [1.54, 1.807) is 4.90 Å². The second kappa shape index (κ2) is 6.92. The van der Waals surface area contributed by atoms with Crippen LogP contribution in [0.5, 0.6) is 0 Å². The van der Waals surface area contributed by atoms with Gasteiger partial charge in [0.2, 0.25) is 5.91 Å². The van der Waals surface area contributed by atoms with E-state index in [1.807, 2.05) is 13.1 Å². The van der Waals surface area contributed by atoms with Crippen molar-refractivity contribution in [1.29, 1.82) is 0 Å². The molecule has 0 saturated heterocycles. The second-order valence-electron chi connectivity index (χ2n) is 5.33. The van der Waals surface area contributed by atoms with E-state index in [0.29, 0.717) is 0 Å². The maximum atomic E-state index is 11.9. The van der Waals surface area contributed by atoms with Crippen molar-refractivity contribution in [1.82, 2.24) is 4.90 Å². The minimum atomic E-state index is -0.520. The summed E-state index contributed by atoms with van der Waals surface area (Å²) in [7, 11) is 1.86. The molecule has 2 rings (SSSR count). The van der Waals surface area contributed by atoms with Gasteiger partial charge in [-0.05, 0) is 37.7 Å². The van der Waals surface area contributed by atoms with Crippen LogP contribution < -0.4 is 5.73 Å². The van der Waals surface area contributed by atoms with Crippen molar-refractivity contribution in [2.45, 2.75) is 37.6 Å². The van der Waals surface area contributed by atoms with E-state index in [0.717, 1.165) is 38.6 Å². The molecule has 0 atom stereocenters. The Morgan fingerprint density at radius 3 is 2.47 bits per heavy atom. The van der Waals surface area contributed by atoms with Gasteiger partial charge in [0.1, 0.15) is 0 Å². The number of benzene rings is 1. The summed E-state index contributed by atoms with van der Waals surface area (Å²) in [5.74, 6) is 0.113. The minimum absolute atomic E-state index is 0. The first-order chi connectivity index (χ1) is 8.62. The maximum Gasteiger partial charge on any atom is 0.242 e. The lowest BCUT2D eigenvalue weighted by Gasteiger charge is -2.20. The Morgan fingerprint density at radius 2 is 1.89 bits per heavy atom. The Labute approximate surface area is 121 Å². The first kappa shape index (κ1) is 16.0. The first-order valence-electron chi connectivity index (χ1n) is 6.70. The van der Waals surface area contributed by atoms with Crippen LogP contribution in [0.15, 0.2) is 30.3 Å². The molecule has 0 radical (unpaired) electrons. The van der Waals surface area contributed by atoms with Gasteiger partial charge in [-0.2, -0.15) is 0 Å². The molecular formula is C15H23ClN2O. The van der Waals surface area contributed by atoms with Crippen LogP contribution >= 0.6 is 12.4 Å².